The van der Waals surface area contributed by atoms with Crippen molar-refractivity contribution in [2.24, 2.45) is 0 Å². The number of rotatable bonds is 6. The molecule has 30 heavy (non-hydrogen) atoms. The van der Waals surface area contributed by atoms with Crippen molar-refractivity contribution >= 4 is 17.3 Å². The van der Waals surface area contributed by atoms with Gasteiger partial charge in [-0.1, -0.05) is 18.9 Å². The highest BCUT2D eigenvalue weighted by molar-refractivity contribution is 6.05. The second kappa shape index (κ2) is 10.5. The molecule has 1 amide bonds. The first-order valence-electron chi connectivity index (χ1n) is 10.6. The summed E-state index contributed by atoms with van der Waals surface area (Å²) in [4.78, 5) is 15.2. The van der Waals surface area contributed by atoms with Crippen molar-refractivity contribution in [2.45, 2.75) is 38.7 Å². The molecular weight excluding hydrogens is 380 g/mol. The zero-order chi connectivity index (χ0) is 21.5. The molecule has 162 valence electrons. The number of fused-ring (bicyclic) bond motifs is 1. The van der Waals surface area contributed by atoms with Gasteiger partial charge in [-0.15, -0.1) is 0 Å². The van der Waals surface area contributed by atoms with E-state index in [4.69, 9.17) is 9.47 Å². The van der Waals surface area contributed by atoms with Gasteiger partial charge in [0.1, 0.15) is 5.75 Å². The van der Waals surface area contributed by atoms with Gasteiger partial charge in [0.15, 0.2) is 0 Å². The predicted molar refractivity (Wildman–Crippen MR) is 120 cm³/mol. The number of amides is 1. The number of aliphatic hydroxyl groups excluding tert-OH is 1. The summed E-state index contributed by atoms with van der Waals surface area (Å²) in [6, 6.07) is 11.3. The van der Waals surface area contributed by atoms with Gasteiger partial charge in [0.25, 0.3) is 5.91 Å². The Morgan fingerprint density at radius 1 is 1.17 bits per heavy atom. The lowest BCUT2D eigenvalue weighted by molar-refractivity contribution is 0.102. The molecule has 0 bridgehead atoms. The third-order valence-electron chi connectivity index (χ3n) is 5.56. The van der Waals surface area contributed by atoms with Gasteiger partial charge in [-0.05, 0) is 55.7 Å². The third kappa shape index (κ3) is 5.32. The summed E-state index contributed by atoms with van der Waals surface area (Å²) in [5.41, 5.74) is 3.96. The number of ether oxygens (including phenoxy) is 2. The van der Waals surface area contributed by atoms with Crippen LogP contribution in [0.4, 0.5) is 11.4 Å². The first-order valence-corrected chi connectivity index (χ1v) is 10.6. The number of carbonyl (C=O) groups excluding carboxylic acids is 1. The molecule has 0 fully saturated rings. The Labute approximate surface area is 178 Å². The van der Waals surface area contributed by atoms with Gasteiger partial charge in [-0.25, -0.2) is 0 Å². The highest BCUT2D eigenvalue weighted by atomic mass is 16.5. The molecule has 1 aliphatic rings. The van der Waals surface area contributed by atoms with Crippen LogP contribution < -0.4 is 15.0 Å². The standard InChI is InChI=1S/C24H32N2O4/c1-17-8-11-23(30-3)20(15-17)25-24(28)18-9-10-21-19(16-18)22(27)7-5-4-6-12-26(21)13-14-29-2/h8-11,15-16,22,27H,4-7,12-14H2,1-3H3,(H,25,28). The molecule has 0 saturated heterocycles. The Morgan fingerprint density at radius 3 is 2.77 bits per heavy atom. The van der Waals surface area contributed by atoms with Crippen LogP contribution in [-0.4, -0.2) is 44.9 Å². The molecule has 0 aliphatic carbocycles. The molecule has 1 unspecified atom stereocenters. The van der Waals surface area contributed by atoms with Crippen molar-refractivity contribution in [3.05, 3.63) is 53.1 Å². The molecule has 1 aliphatic heterocycles. The molecule has 6 heteroatoms. The van der Waals surface area contributed by atoms with Crippen LogP contribution in [0.1, 0.15) is 53.3 Å². The Hall–Kier alpha value is -2.57. The van der Waals surface area contributed by atoms with E-state index >= 15 is 0 Å². The van der Waals surface area contributed by atoms with Gasteiger partial charge in [-0.3, -0.25) is 4.79 Å². The number of hydrogen-bond acceptors (Lipinski definition) is 5. The first kappa shape index (κ1) is 22.1. The van der Waals surface area contributed by atoms with E-state index in [9.17, 15) is 9.90 Å². The molecule has 2 aromatic carbocycles. The van der Waals surface area contributed by atoms with E-state index in [1.807, 2.05) is 43.3 Å². The fraction of sp³-hybridized carbons (Fsp3) is 0.458. The molecule has 2 aromatic rings. The zero-order valence-electron chi connectivity index (χ0n) is 18.1. The largest absolute Gasteiger partial charge is 0.495 e. The van der Waals surface area contributed by atoms with Crippen LogP contribution in [0.25, 0.3) is 0 Å². The maximum Gasteiger partial charge on any atom is 0.255 e. The van der Waals surface area contributed by atoms with Gasteiger partial charge in [0, 0.05) is 37.0 Å². The minimum absolute atomic E-state index is 0.225. The monoisotopic (exact) mass is 412 g/mol. The van der Waals surface area contributed by atoms with Gasteiger partial charge in [0.2, 0.25) is 0 Å². The first-order chi connectivity index (χ1) is 14.5. The van der Waals surface area contributed by atoms with Crippen LogP contribution in [-0.2, 0) is 4.74 Å². The predicted octanol–water partition coefficient (Wildman–Crippen LogP) is 4.32. The maximum atomic E-state index is 13.0. The average molecular weight is 413 g/mol. The van der Waals surface area contributed by atoms with Gasteiger partial charge in [-0.2, -0.15) is 0 Å². The maximum absolute atomic E-state index is 13.0. The minimum Gasteiger partial charge on any atom is -0.495 e. The molecule has 1 atom stereocenters. The third-order valence-corrected chi connectivity index (χ3v) is 5.56. The minimum atomic E-state index is -0.593. The topological polar surface area (TPSA) is 71.0 Å². The van der Waals surface area contributed by atoms with E-state index in [0.717, 1.165) is 49.2 Å². The van der Waals surface area contributed by atoms with Crippen LogP contribution in [0.2, 0.25) is 0 Å². The van der Waals surface area contributed by atoms with Gasteiger partial charge in [0.05, 0.1) is 25.5 Å². The normalized spacial score (nSPS) is 16.8. The molecule has 3 rings (SSSR count). The summed E-state index contributed by atoms with van der Waals surface area (Å²) in [5.74, 6) is 0.389. The number of methoxy groups -OCH3 is 2. The van der Waals surface area contributed by atoms with E-state index in [-0.39, 0.29) is 5.91 Å². The number of nitrogens with zero attached hydrogens (tertiary/aromatic N) is 1. The molecule has 0 radical (unpaired) electrons. The summed E-state index contributed by atoms with van der Waals surface area (Å²) in [7, 11) is 3.28. The molecule has 0 spiro atoms. The number of aliphatic hydroxyl groups is 1. The van der Waals surface area contributed by atoms with E-state index in [2.05, 4.69) is 10.2 Å². The molecule has 1 heterocycles. The smallest absolute Gasteiger partial charge is 0.255 e. The summed E-state index contributed by atoms with van der Waals surface area (Å²) < 4.78 is 10.6. The van der Waals surface area contributed by atoms with Crippen molar-refractivity contribution in [3.8, 4) is 5.75 Å². The van der Waals surface area contributed by atoms with Gasteiger partial charge >= 0.3 is 0 Å². The highest BCUT2D eigenvalue weighted by Crippen LogP contribution is 2.33. The quantitative estimate of drug-likeness (QED) is 0.740. The molecule has 2 N–H and O–H groups in total. The number of benzene rings is 2. The zero-order valence-corrected chi connectivity index (χ0v) is 18.1. The fourth-order valence-electron chi connectivity index (χ4n) is 3.89. The van der Waals surface area contributed by atoms with Crippen molar-refractivity contribution in [1.29, 1.82) is 0 Å². The number of nitrogens with one attached hydrogen (secondary N) is 1. The lowest BCUT2D eigenvalue weighted by Crippen LogP contribution is -2.29. The number of hydrogen-bond donors (Lipinski definition) is 2. The second-order valence-electron chi connectivity index (χ2n) is 7.78. The SMILES string of the molecule is COCCN1CCCCCC(O)c2cc(C(=O)Nc3cc(C)ccc3OC)ccc21. The lowest BCUT2D eigenvalue weighted by atomic mass is 9.99. The van der Waals surface area contributed by atoms with Gasteiger partial charge < -0.3 is 24.8 Å². The Balaban J connectivity index is 1.91. The number of aryl methyl sites for hydroxylation is 1. The van der Waals surface area contributed by atoms with Crippen LogP contribution in [0.3, 0.4) is 0 Å². The highest BCUT2D eigenvalue weighted by Gasteiger charge is 2.21. The van der Waals surface area contributed by atoms with Crippen molar-refractivity contribution < 1.29 is 19.4 Å². The number of anilines is 2. The molecule has 0 saturated carbocycles. The van der Waals surface area contributed by atoms with Crippen LogP contribution in [0, 0.1) is 6.92 Å². The molecular formula is C24H32N2O4. The lowest BCUT2D eigenvalue weighted by Gasteiger charge is -2.28. The molecule has 0 aromatic heterocycles. The van der Waals surface area contributed by atoms with Crippen molar-refractivity contribution in [1.82, 2.24) is 0 Å². The van der Waals surface area contributed by atoms with Crippen LogP contribution in [0.5, 0.6) is 5.75 Å². The van der Waals surface area contributed by atoms with Crippen LogP contribution in [0.15, 0.2) is 36.4 Å². The number of carbonyl (C=O) groups is 1. The van der Waals surface area contributed by atoms with E-state index in [0.29, 0.717) is 30.0 Å². The Kier molecular flexibility index (Phi) is 7.71. The van der Waals surface area contributed by atoms with Crippen molar-refractivity contribution in [2.75, 3.05) is 44.1 Å². The second-order valence-corrected chi connectivity index (χ2v) is 7.78. The molecule has 6 nitrogen and oxygen atoms in total. The van der Waals surface area contributed by atoms with Crippen molar-refractivity contribution in [3.63, 3.8) is 0 Å². The van der Waals surface area contributed by atoms with E-state index < -0.39 is 6.10 Å². The van der Waals surface area contributed by atoms with Crippen LogP contribution >= 0.6 is 0 Å². The Bertz CT molecular complexity index is 868. The van der Waals surface area contributed by atoms with E-state index in [1.165, 1.54) is 0 Å². The van der Waals surface area contributed by atoms with E-state index in [1.54, 1.807) is 14.2 Å². The Morgan fingerprint density at radius 2 is 2.00 bits per heavy atom. The summed E-state index contributed by atoms with van der Waals surface area (Å²) in [6.45, 7) is 4.25. The summed E-state index contributed by atoms with van der Waals surface area (Å²) in [5, 5.41) is 13.8. The summed E-state index contributed by atoms with van der Waals surface area (Å²) in [6.07, 6.45) is 3.22. The average Bonchev–Trinajstić information content (AvgIpc) is 2.82. The fourth-order valence-corrected chi connectivity index (χ4v) is 3.89. The summed E-state index contributed by atoms with van der Waals surface area (Å²) >= 11 is 0.